The summed E-state index contributed by atoms with van der Waals surface area (Å²) < 4.78 is 0. The lowest BCUT2D eigenvalue weighted by Gasteiger charge is -1.93. The van der Waals surface area contributed by atoms with Crippen LogP contribution in [0.3, 0.4) is 0 Å². The molecule has 0 spiro atoms. The van der Waals surface area contributed by atoms with E-state index in [0.717, 1.165) is 0 Å². The molecule has 1 fully saturated rings. The minimum atomic E-state index is -0.877. The first-order valence-corrected chi connectivity index (χ1v) is 2.51. The topological polar surface area (TPSA) is 63.2 Å². The van der Waals surface area contributed by atoms with Crippen LogP contribution in [0.25, 0.3) is 0 Å². The molecular formula is C5H5NO3. The van der Waals surface area contributed by atoms with E-state index in [0.29, 0.717) is 6.29 Å². The van der Waals surface area contributed by atoms with Gasteiger partial charge in [0, 0.05) is 0 Å². The van der Waals surface area contributed by atoms with Crippen LogP contribution in [0.15, 0.2) is 0 Å². The van der Waals surface area contributed by atoms with Crippen molar-refractivity contribution >= 4 is 18.0 Å². The molecule has 0 bridgehead atoms. The van der Waals surface area contributed by atoms with Crippen molar-refractivity contribution in [1.82, 2.24) is 5.32 Å². The molecular weight excluding hydrogens is 122 g/mol. The van der Waals surface area contributed by atoms with Gasteiger partial charge in [0.15, 0.2) is 5.78 Å². The summed E-state index contributed by atoms with van der Waals surface area (Å²) in [5, 5.41) is 2.20. The number of Topliss-reactive ketones (excluding diaryl/α,β-unsaturated/α-hetero) is 1. The van der Waals surface area contributed by atoms with E-state index >= 15 is 0 Å². The molecule has 1 rings (SSSR count). The minimum Gasteiger partial charge on any atom is -0.340 e. The van der Waals surface area contributed by atoms with Gasteiger partial charge in [-0.1, -0.05) is 0 Å². The third kappa shape index (κ3) is 0.960. The average Bonchev–Trinajstić information content (AvgIpc) is 2.10. The van der Waals surface area contributed by atoms with Crippen LogP contribution >= 0.6 is 0 Å². The number of aldehydes is 1. The van der Waals surface area contributed by atoms with Gasteiger partial charge in [-0.05, 0) is 0 Å². The fraction of sp³-hybridized carbons (Fsp3) is 0.400. The molecule has 4 heteroatoms. The van der Waals surface area contributed by atoms with Gasteiger partial charge in [0.25, 0.3) is 0 Å². The molecule has 1 aliphatic heterocycles. The second kappa shape index (κ2) is 1.97. The van der Waals surface area contributed by atoms with E-state index in [1.807, 2.05) is 0 Å². The molecule has 0 aromatic rings. The molecule has 1 amide bonds. The van der Waals surface area contributed by atoms with Crippen molar-refractivity contribution in [2.75, 3.05) is 0 Å². The summed E-state index contributed by atoms with van der Waals surface area (Å²) in [5.41, 5.74) is 0. The van der Waals surface area contributed by atoms with E-state index < -0.39 is 6.04 Å². The maximum absolute atomic E-state index is 10.5. The lowest BCUT2D eigenvalue weighted by atomic mass is 10.2. The first-order valence-electron chi connectivity index (χ1n) is 2.51. The van der Waals surface area contributed by atoms with E-state index in [4.69, 9.17) is 0 Å². The van der Waals surface area contributed by atoms with E-state index in [9.17, 15) is 14.4 Å². The first kappa shape index (κ1) is 5.94. The lowest BCUT2D eigenvalue weighted by Crippen LogP contribution is -2.30. The van der Waals surface area contributed by atoms with Crippen molar-refractivity contribution in [2.45, 2.75) is 12.5 Å². The minimum absolute atomic E-state index is 0.149. The zero-order valence-corrected chi connectivity index (χ0v) is 4.59. The fourth-order valence-electron chi connectivity index (χ4n) is 0.683. The highest BCUT2D eigenvalue weighted by molar-refractivity contribution is 6.14. The summed E-state index contributed by atoms with van der Waals surface area (Å²) in [6.07, 6.45) is 0.288. The molecule has 0 saturated carbocycles. The zero-order chi connectivity index (χ0) is 6.85. The summed E-state index contributed by atoms with van der Waals surface area (Å²) in [6.45, 7) is 0. The Morgan fingerprint density at radius 2 is 2.22 bits per heavy atom. The van der Waals surface area contributed by atoms with Gasteiger partial charge in [-0.15, -0.1) is 0 Å². The van der Waals surface area contributed by atoms with Crippen LogP contribution in [0.4, 0.5) is 0 Å². The highest BCUT2D eigenvalue weighted by Crippen LogP contribution is 1.98. The van der Waals surface area contributed by atoms with Gasteiger partial charge in [0.1, 0.15) is 12.3 Å². The van der Waals surface area contributed by atoms with Gasteiger partial charge in [-0.3, -0.25) is 9.59 Å². The highest BCUT2D eigenvalue weighted by atomic mass is 16.2. The summed E-state index contributed by atoms with van der Waals surface area (Å²) in [5.74, 6) is -0.702. The Morgan fingerprint density at radius 3 is 2.44 bits per heavy atom. The van der Waals surface area contributed by atoms with Gasteiger partial charge in [0.2, 0.25) is 5.91 Å². The molecule has 0 radical (unpaired) electrons. The number of amides is 1. The molecule has 0 aromatic heterocycles. The maximum Gasteiger partial charge on any atom is 0.228 e. The molecule has 1 heterocycles. The molecule has 1 saturated heterocycles. The van der Waals surface area contributed by atoms with Gasteiger partial charge >= 0.3 is 0 Å². The molecule has 1 aliphatic rings. The van der Waals surface area contributed by atoms with Crippen LogP contribution in [0, 0.1) is 0 Å². The number of ketones is 1. The Morgan fingerprint density at radius 1 is 1.56 bits per heavy atom. The number of carbonyl (C=O) groups excluding carboxylic acids is 3. The van der Waals surface area contributed by atoms with E-state index in [2.05, 4.69) is 5.32 Å². The molecule has 1 unspecified atom stereocenters. The number of rotatable bonds is 1. The molecule has 1 atom stereocenters. The second-order valence-electron chi connectivity index (χ2n) is 1.82. The Hall–Kier alpha value is -1.19. The number of hydrogen-bond acceptors (Lipinski definition) is 3. The molecule has 48 valence electrons. The average molecular weight is 127 g/mol. The number of carbonyl (C=O) groups is 3. The molecule has 1 N–H and O–H groups in total. The lowest BCUT2D eigenvalue weighted by molar-refractivity contribution is -0.122. The summed E-state index contributed by atoms with van der Waals surface area (Å²) in [6, 6.07) is -0.877. The van der Waals surface area contributed by atoms with Gasteiger partial charge < -0.3 is 10.1 Å². The third-order valence-corrected chi connectivity index (χ3v) is 1.13. The number of hydrogen-bond donors (Lipinski definition) is 1. The van der Waals surface area contributed by atoms with Crippen molar-refractivity contribution in [2.24, 2.45) is 0 Å². The third-order valence-electron chi connectivity index (χ3n) is 1.13. The molecule has 4 nitrogen and oxygen atoms in total. The van der Waals surface area contributed by atoms with Crippen LogP contribution in [0.1, 0.15) is 6.42 Å². The van der Waals surface area contributed by atoms with Crippen molar-refractivity contribution < 1.29 is 14.4 Å². The van der Waals surface area contributed by atoms with Crippen LogP contribution in [0.5, 0.6) is 0 Å². The van der Waals surface area contributed by atoms with Crippen LogP contribution in [-0.2, 0) is 14.4 Å². The van der Waals surface area contributed by atoms with Crippen molar-refractivity contribution in [1.29, 1.82) is 0 Å². The normalized spacial score (nSPS) is 26.0. The SMILES string of the molecule is O=CC1NC(=O)CC1=O. The fourth-order valence-corrected chi connectivity index (χ4v) is 0.683. The molecule has 9 heavy (non-hydrogen) atoms. The molecule has 0 aromatic carbocycles. The van der Waals surface area contributed by atoms with Crippen LogP contribution < -0.4 is 5.32 Å². The van der Waals surface area contributed by atoms with E-state index in [1.165, 1.54) is 0 Å². The Kier molecular flexibility index (Phi) is 1.30. The van der Waals surface area contributed by atoms with Crippen molar-refractivity contribution in [3.8, 4) is 0 Å². The van der Waals surface area contributed by atoms with Crippen LogP contribution in [-0.4, -0.2) is 24.0 Å². The largest absolute Gasteiger partial charge is 0.340 e. The highest BCUT2D eigenvalue weighted by Gasteiger charge is 2.28. The Bertz CT molecular complexity index is 175. The quantitative estimate of drug-likeness (QED) is 0.349. The smallest absolute Gasteiger partial charge is 0.228 e. The van der Waals surface area contributed by atoms with Gasteiger partial charge in [0.05, 0.1) is 6.42 Å². The van der Waals surface area contributed by atoms with Gasteiger partial charge in [-0.25, -0.2) is 0 Å². The number of nitrogens with one attached hydrogen (secondary N) is 1. The summed E-state index contributed by atoms with van der Waals surface area (Å²) >= 11 is 0. The van der Waals surface area contributed by atoms with Crippen molar-refractivity contribution in [3.05, 3.63) is 0 Å². The standard InChI is InChI=1S/C5H5NO3/c7-2-3-4(8)1-5(9)6-3/h2-3H,1H2,(H,6,9). The molecule has 0 aliphatic carbocycles. The Balaban J connectivity index is 2.68. The Labute approximate surface area is 51.2 Å². The van der Waals surface area contributed by atoms with Gasteiger partial charge in [-0.2, -0.15) is 0 Å². The monoisotopic (exact) mass is 127 g/mol. The zero-order valence-electron chi connectivity index (χ0n) is 4.59. The predicted molar refractivity (Wildman–Crippen MR) is 27.6 cm³/mol. The van der Waals surface area contributed by atoms with E-state index in [-0.39, 0.29) is 18.1 Å². The predicted octanol–water partition coefficient (Wildman–Crippen LogP) is -1.36. The second-order valence-corrected chi connectivity index (χ2v) is 1.82. The first-order chi connectivity index (χ1) is 4.24. The maximum atomic E-state index is 10.5. The summed E-state index contributed by atoms with van der Waals surface area (Å²) in [4.78, 5) is 30.8. The van der Waals surface area contributed by atoms with Crippen LogP contribution in [0.2, 0.25) is 0 Å². The van der Waals surface area contributed by atoms with E-state index in [1.54, 1.807) is 0 Å². The summed E-state index contributed by atoms with van der Waals surface area (Å²) in [7, 11) is 0. The van der Waals surface area contributed by atoms with Crippen molar-refractivity contribution in [3.63, 3.8) is 0 Å².